The van der Waals surface area contributed by atoms with Gasteiger partial charge in [0.15, 0.2) is 11.2 Å². The van der Waals surface area contributed by atoms with Crippen molar-refractivity contribution in [1.29, 1.82) is 0 Å². The zero-order valence-corrected chi connectivity index (χ0v) is 48.6. The molecule has 82 heavy (non-hydrogen) atoms. The summed E-state index contributed by atoms with van der Waals surface area (Å²) in [6.07, 6.45) is 9.52. The van der Waals surface area contributed by atoms with Gasteiger partial charge in [-0.2, -0.15) is 0 Å². The molecule has 2 fully saturated rings. The Hall–Kier alpha value is -8.16. The van der Waals surface area contributed by atoms with Gasteiger partial charge in [-0.15, -0.1) is 0 Å². The van der Waals surface area contributed by atoms with Gasteiger partial charge in [0.2, 0.25) is 0 Å². The van der Waals surface area contributed by atoms with Crippen molar-refractivity contribution in [2.24, 2.45) is 0 Å². The van der Waals surface area contributed by atoms with E-state index in [9.17, 15) is 0 Å². The number of para-hydroxylation sites is 5. The minimum atomic E-state index is -0.135. The summed E-state index contributed by atoms with van der Waals surface area (Å²) in [4.78, 5) is 10.7. The van der Waals surface area contributed by atoms with E-state index in [1.54, 1.807) is 0 Å². The molecular formula is C75H69BN4O2. The second-order valence-corrected chi connectivity index (χ2v) is 27.1. The molecule has 2 aliphatic carbocycles. The summed E-state index contributed by atoms with van der Waals surface area (Å²) in [6, 6.07) is 67.3. The lowest BCUT2D eigenvalue weighted by Crippen LogP contribution is -2.61. The zero-order valence-electron chi connectivity index (χ0n) is 48.6. The number of nitrogens with zero attached hydrogens (tertiary/aromatic N) is 4. The van der Waals surface area contributed by atoms with Crippen LogP contribution in [0.5, 0.6) is 0 Å². The first-order chi connectivity index (χ1) is 39.7. The predicted octanol–water partition coefficient (Wildman–Crippen LogP) is 18.7. The number of anilines is 10. The standard InChI is InChI=1S/C75H69BN4O2/c1-46-41-64-68-65(42-46)78(61-28-20-24-53-51-22-10-14-30-67(51)82-70(53)61)63-45-49(80-59-36-31-47(71(2,3)4)43-55(59)73(6)38-16-18-40-75(73,80)8)33-35-57(63)76(68)56-34-32-48(79-58-26-12-11-25-54(58)72(5)37-15-17-39-74(72,79)7)44-62(56)77(64)60-27-19-23-52-50-21-9-13-29-66(50)81-69(52)60/h9-14,19-36,41-45H,15-18,37-40H2,1-8H3. The Kier molecular flexibility index (Phi) is 9.78. The van der Waals surface area contributed by atoms with Crippen LogP contribution in [0.3, 0.4) is 0 Å². The molecule has 0 amide bonds. The maximum atomic E-state index is 7.09. The summed E-state index contributed by atoms with van der Waals surface area (Å²) < 4.78 is 14.2. The van der Waals surface area contributed by atoms with Gasteiger partial charge in [0, 0.05) is 77.9 Å². The van der Waals surface area contributed by atoms with E-state index in [-0.39, 0.29) is 34.0 Å². The van der Waals surface area contributed by atoms with Crippen molar-refractivity contribution in [2.75, 3.05) is 19.6 Å². The quantitative estimate of drug-likeness (QED) is 0.164. The van der Waals surface area contributed by atoms with Gasteiger partial charge in [0.1, 0.15) is 11.2 Å². The normalized spacial score (nSPS) is 23.3. The molecule has 6 aliphatic rings. The Balaban J connectivity index is 0.955. The molecule has 2 aromatic heterocycles. The monoisotopic (exact) mass is 1070 g/mol. The Bertz CT molecular complexity index is 4560. The Morgan fingerprint density at radius 1 is 0.415 bits per heavy atom. The van der Waals surface area contributed by atoms with Crippen molar-refractivity contribution in [1.82, 2.24) is 0 Å². The van der Waals surface area contributed by atoms with Crippen molar-refractivity contribution in [2.45, 2.75) is 134 Å². The number of furan rings is 2. The highest BCUT2D eigenvalue weighted by molar-refractivity contribution is 7.00. The number of hydrogen-bond acceptors (Lipinski definition) is 6. The molecule has 2 saturated carbocycles. The largest absolute Gasteiger partial charge is 0.454 e. The molecule has 6 nitrogen and oxygen atoms in total. The molecule has 4 atom stereocenters. The lowest BCUT2D eigenvalue weighted by molar-refractivity contribution is 0.195. The molecule has 404 valence electrons. The van der Waals surface area contributed by atoms with Gasteiger partial charge in [-0.3, -0.25) is 0 Å². The minimum Gasteiger partial charge on any atom is -0.454 e. The van der Waals surface area contributed by atoms with E-state index in [1.165, 1.54) is 123 Å². The summed E-state index contributed by atoms with van der Waals surface area (Å²) in [5, 5.41) is 4.48. The molecule has 11 aromatic rings. The van der Waals surface area contributed by atoms with Gasteiger partial charge in [-0.05, 0) is 163 Å². The second kappa shape index (κ2) is 16.5. The van der Waals surface area contributed by atoms with Gasteiger partial charge in [0.25, 0.3) is 6.71 Å². The SMILES string of the molecule is Cc1cc2c3c(c1)N(c1cccc4c1oc1ccccc14)c1cc(N4c5ccc(C(C)(C)C)cc5C5(C)CCCCC45C)ccc1B3c1ccc(N3c4ccccc4C4(C)CCCCC34C)cc1N2c1cccc2c1oc1ccccc12. The molecule has 6 heterocycles. The van der Waals surface area contributed by atoms with Gasteiger partial charge < -0.3 is 28.4 Å². The average molecular weight is 1070 g/mol. The molecule has 17 rings (SSSR count). The Labute approximate surface area is 482 Å². The van der Waals surface area contributed by atoms with Crippen LogP contribution in [0.2, 0.25) is 0 Å². The first-order valence-corrected chi connectivity index (χ1v) is 30.4. The average Bonchev–Trinajstić information content (AvgIpc) is 2.18. The van der Waals surface area contributed by atoms with E-state index in [0.29, 0.717) is 0 Å². The lowest BCUT2D eigenvalue weighted by atomic mass is 9.33. The smallest absolute Gasteiger partial charge is 0.252 e. The van der Waals surface area contributed by atoms with Crippen LogP contribution in [0.1, 0.15) is 122 Å². The van der Waals surface area contributed by atoms with Crippen LogP contribution >= 0.6 is 0 Å². The third kappa shape index (κ3) is 6.17. The van der Waals surface area contributed by atoms with E-state index in [4.69, 9.17) is 8.83 Å². The number of fused-ring (bicyclic) bond motifs is 16. The molecule has 7 heteroatoms. The van der Waals surface area contributed by atoms with Crippen LogP contribution in [0.4, 0.5) is 56.9 Å². The fourth-order valence-corrected chi connectivity index (χ4v) is 17.4. The molecule has 0 radical (unpaired) electrons. The van der Waals surface area contributed by atoms with Crippen molar-refractivity contribution in [3.63, 3.8) is 0 Å². The fraction of sp³-hybridized carbons (Fsp3) is 0.280. The zero-order chi connectivity index (χ0) is 55.4. The van der Waals surface area contributed by atoms with Crippen LogP contribution < -0.4 is 36.0 Å². The molecular weight excluding hydrogens is 1000 g/mol. The third-order valence-corrected chi connectivity index (χ3v) is 21.9. The topological polar surface area (TPSA) is 39.2 Å². The Morgan fingerprint density at radius 2 is 0.878 bits per heavy atom. The van der Waals surface area contributed by atoms with Crippen LogP contribution in [-0.2, 0) is 16.2 Å². The van der Waals surface area contributed by atoms with Crippen LogP contribution in [0.15, 0.2) is 185 Å². The molecule has 4 aliphatic heterocycles. The summed E-state index contributed by atoms with van der Waals surface area (Å²) in [5.41, 5.74) is 24.6. The fourth-order valence-electron chi connectivity index (χ4n) is 17.4. The molecule has 0 spiro atoms. The van der Waals surface area contributed by atoms with Crippen molar-refractivity contribution in [3.8, 4) is 0 Å². The predicted molar refractivity (Wildman–Crippen MR) is 344 cm³/mol. The van der Waals surface area contributed by atoms with Gasteiger partial charge in [0.05, 0.1) is 22.5 Å². The highest BCUT2D eigenvalue weighted by Crippen LogP contribution is 2.64. The lowest BCUT2D eigenvalue weighted by Gasteiger charge is -2.51. The van der Waals surface area contributed by atoms with E-state index in [0.717, 1.165) is 68.1 Å². The van der Waals surface area contributed by atoms with Crippen LogP contribution in [0, 0.1) is 6.92 Å². The van der Waals surface area contributed by atoms with E-state index in [1.807, 2.05) is 0 Å². The van der Waals surface area contributed by atoms with Gasteiger partial charge >= 0.3 is 0 Å². The maximum Gasteiger partial charge on any atom is 0.252 e. The first kappa shape index (κ1) is 48.5. The van der Waals surface area contributed by atoms with Crippen molar-refractivity contribution >= 4 is 124 Å². The van der Waals surface area contributed by atoms with Crippen LogP contribution in [0.25, 0.3) is 43.9 Å². The number of aryl methyl sites for hydroxylation is 1. The first-order valence-electron chi connectivity index (χ1n) is 30.4. The van der Waals surface area contributed by atoms with E-state index in [2.05, 4.69) is 251 Å². The van der Waals surface area contributed by atoms with Crippen molar-refractivity contribution in [3.05, 3.63) is 198 Å². The number of rotatable bonds is 4. The molecule has 0 N–H and O–H groups in total. The summed E-state index contributed by atoms with van der Waals surface area (Å²) in [6.45, 7) is 19.5. The van der Waals surface area contributed by atoms with E-state index >= 15 is 0 Å². The van der Waals surface area contributed by atoms with Gasteiger partial charge in [-0.25, -0.2) is 0 Å². The highest BCUT2D eigenvalue weighted by Gasteiger charge is 2.60. The number of benzene rings is 9. The molecule has 4 unspecified atom stereocenters. The maximum absolute atomic E-state index is 7.09. The third-order valence-electron chi connectivity index (χ3n) is 21.9. The van der Waals surface area contributed by atoms with Crippen molar-refractivity contribution < 1.29 is 8.83 Å². The second-order valence-electron chi connectivity index (χ2n) is 27.1. The molecule has 0 bridgehead atoms. The molecule has 9 aromatic carbocycles. The summed E-state index contributed by atoms with van der Waals surface area (Å²) >= 11 is 0. The molecule has 0 saturated heterocycles. The minimum absolute atomic E-state index is 0.0129. The number of hydrogen-bond donors (Lipinski definition) is 0. The van der Waals surface area contributed by atoms with Crippen LogP contribution in [-0.4, -0.2) is 17.8 Å². The Morgan fingerprint density at radius 3 is 1.43 bits per heavy atom. The summed E-state index contributed by atoms with van der Waals surface area (Å²) in [5.74, 6) is 0. The summed E-state index contributed by atoms with van der Waals surface area (Å²) in [7, 11) is 0. The van der Waals surface area contributed by atoms with E-state index < -0.39 is 0 Å². The highest BCUT2D eigenvalue weighted by atomic mass is 16.3. The van der Waals surface area contributed by atoms with Gasteiger partial charge in [-0.1, -0.05) is 163 Å².